The zero-order valence-corrected chi connectivity index (χ0v) is 12.9. The molecule has 18 heavy (non-hydrogen) atoms. The summed E-state index contributed by atoms with van der Waals surface area (Å²) in [6.45, 7) is 7.43. The Morgan fingerprint density at radius 3 is 2.61 bits per heavy atom. The number of Topliss-reactive ketones (excluding diaryl/α,β-unsaturated/α-hetero) is 1. The van der Waals surface area contributed by atoms with Crippen LogP contribution in [-0.2, 0) is 4.79 Å². The van der Waals surface area contributed by atoms with Crippen molar-refractivity contribution in [3.05, 3.63) is 21.3 Å². The van der Waals surface area contributed by atoms with Crippen LogP contribution in [0, 0.1) is 5.92 Å². The van der Waals surface area contributed by atoms with E-state index in [0.717, 1.165) is 28.2 Å². The maximum absolute atomic E-state index is 11.6. The molecule has 1 aliphatic rings. The maximum Gasteiger partial charge on any atom is 0.139 e. The lowest BCUT2D eigenvalue weighted by molar-refractivity contribution is -0.118. The molecule has 1 aromatic heterocycles. The summed E-state index contributed by atoms with van der Waals surface area (Å²) in [6.07, 6.45) is 2.67. The summed E-state index contributed by atoms with van der Waals surface area (Å²) in [5.74, 6) is 1.03. The molecule has 1 heterocycles. The van der Waals surface area contributed by atoms with Crippen LogP contribution in [0.2, 0.25) is 4.34 Å². The Balaban J connectivity index is 0.000000771. The highest BCUT2D eigenvalue weighted by atomic mass is 35.5. The van der Waals surface area contributed by atoms with Crippen LogP contribution >= 0.6 is 22.9 Å². The number of ketones is 1. The smallest absolute Gasteiger partial charge is 0.139 e. The molecule has 2 nitrogen and oxygen atoms in total. The lowest BCUT2D eigenvalue weighted by atomic mass is 10.0. The highest BCUT2D eigenvalue weighted by Crippen LogP contribution is 2.30. The van der Waals surface area contributed by atoms with Crippen LogP contribution in [0.1, 0.15) is 44.4 Å². The van der Waals surface area contributed by atoms with Crippen LogP contribution in [0.3, 0.4) is 0 Å². The summed E-state index contributed by atoms with van der Waals surface area (Å²) in [7, 11) is 0. The highest BCUT2D eigenvalue weighted by molar-refractivity contribution is 7.16. The Morgan fingerprint density at radius 1 is 1.50 bits per heavy atom. The molecule has 1 N–H and O–H groups in total. The van der Waals surface area contributed by atoms with Crippen LogP contribution in [-0.4, -0.2) is 18.9 Å². The first-order valence-corrected chi connectivity index (χ1v) is 7.82. The van der Waals surface area contributed by atoms with E-state index in [0.29, 0.717) is 0 Å². The monoisotopic (exact) mass is 287 g/mol. The summed E-state index contributed by atoms with van der Waals surface area (Å²) < 4.78 is 0.753. The van der Waals surface area contributed by atoms with E-state index in [-0.39, 0.29) is 11.7 Å². The SMILES string of the molecule is CC.CC(=O)C(CNCC1CC1)c1ccc(Cl)s1. The van der Waals surface area contributed by atoms with Gasteiger partial charge in [0, 0.05) is 11.4 Å². The molecule has 1 aromatic rings. The first-order chi connectivity index (χ1) is 8.66. The number of hydrogen-bond donors (Lipinski definition) is 1. The lowest BCUT2D eigenvalue weighted by Gasteiger charge is -2.12. The van der Waals surface area contributed by atoms with Crippen LogP contribution in [0.5, 0.6) is 0 Å². The predicted molar refractivity (Wildman–Crippen MR) is 79.7 cm³/mol. The first-order valence-electron chi connectivity index (χ1n) is 6.63. The van der Waals surface area contributed by atoms with Gasteiger partial charge in [-0.15, -0.1) is 11.3 Å². The van der Waals surface area contributed by atoms with Crippen molar-refractivity contribution in [2.45, 2.75) is 39.5 Å². The molecule has 1 aliphatic carbocycles. The Hall–Kier alpha value is -0.380. The van der Waals surface area contributed by atoms with Gasteiger partial charge < -0.3 is 5.32 Å². The Bertz CT molecular complexity index is 374. The number of nitrogens with one attached hydrogen (secondary N) is 1. The van der Waals surface area contributed by atoms with Crippen LogP contribution < -0.4 is 5.32 Å². The number of carbonyl (C=O) groups is 1. The summed E-state index contributed by atoms with van der Waals surface area (Å²) >= 11 is 7.39. The molecular weight excluding hydrogens is 266 g/mol. The minimum Gasteiger partial charge on any atom is -0.315 e. The lowest BCUT2D eigenvalue weighted by Crippen LogP contribution is -2.26. The van der Waals surface area contributed by atoms with Gasteiger partial charge in [-0.1, -0.05) is 25.4 Å². The third-order valence-corrected chi connectivity index (χ3v) is 4.25. The molecule has 1 unspecified atom stereocenters. The second kappa shape index (κ2) is 7.93. The molecule has 0 bridgehead atoms. The number of carbonyl (C=O) groups excluding carboxylic acids is 1. The van der Waals surface area contributed by atoms with Gasteiger partial charge in [0.15, 0.2) is 0 Å². The van der Waals surface area contributed by atoms with Gasteiger partial charge in [0.05, 0.1) is 10.3 Å². The molecule has 2 rings (SSSR count). The van der Waals surface area contributed by atoms with Crippen LogP contribution in [0.4, 0.5) is 0 Å². The quantitative estimate of drug-likeness (QED) is 0.853. The second-order valence-corrected chi connectivity index (χ2v) is 6.15. The van der Waals surface area contributed by atoms with Crippen molar-refractivity contribution in [2.24, 2.45) is 5.92 Å². The van der Waals surface area contributed by atoms with Crippen molar-refractivity contribution in [3.8, 4) is 0 Å². The van der Waals surface area contributed by atoms with E-state index >= 15 is 0 Å². The minimum absolute atomic E-state index is 0.0313. The third kappa shape index (κ3) is 5.09. The van der Waals surface area contributed by atoms with E-state index < -0.39 is 0 Å². The van der Waals surface area contributed by atoms with E-state index in [1.54, 1.807) is 6.92 Å². The van der Waals surface area contributed by atoms with E-state index in [9.17, 15) is 4.79 Å². The Morgan fingerprint density at radius 2 is 2.17 bits per heavy atom. The zero-order chi connectivity index (χ0) is 13.5. The average molecular weight is 288 g/mol. The van der Waals surface area contributed by atoms with Gasteiger partial charge in [-0.05, 0) is 44.4 Å². The van der Waals surface area contributed by atoms with Crippen molar-refractivity contribution in [1.82, 2.24) is 5.32 Å². The van der Waals surface area contributed by atoms with Crippen LogP contribution in [0.15, 0.2) is 12.1 Å². The molecule has 0 aliphatic heterocycles. The number of halogens is 1. The van der Waals surface area contributed by atoms with Crippen molar-refractivity contribution < 1.29 is 4.79 Å². The van der Waals surface area contributed by atoms with Crippen molar-refractivity contribution in [3.63, 3.8) is 0 Å². The molecule has 1 atom stereocenters. The van der Waals surface area contributed by atoms with Gasteiger partial charge in [0.1, 0.15) is 5.78 Å². The van der Waals surface area contributed by atoms with Crippen molar-refractivity contribution in [1.29, 1.82) is 0 Å². The van der Waals surface area contributed by atoms with Crippen LogP contribution in [0.25, 0.3) is 0 Å². The fourth-order valence-electron chi connectivity index (χ4n) is 1.71. The summed E-state index contributed by atoms with van der Waals surface area (Å²) in [6, 6.07) is 3.82. The van der Waals surface area contributed by atoms with Gasteiger partial charge in [0.25, 0.3) is 0 Å². The first kappa shape index (κ1) is 15.7. The predicted octanol–water partition coefficient (Wildman–Crippen LogP) is 4.10. The van der Waals surface area contributed by atoms with Gasteiger partial charge >= 0.3 is 0 Å². The number of rotatable bonds is 6. The third-order valence-electron chi connectivity index (χ3n) is 2.91. The Labute approximate surface area is 119 Å². The van der Waals surface area contributed by atoms with E-state index in [1.165, 1.54) is 24.2 Å². The molecule has 102 valence electrons. The van der Waals surface area contributed by atoms with Crippen molar-refractivity contribution in [2.75, 3.05) is 13.1 Å². The fourth-order valence-corrected chi connectivity index (χ4v) is 2.93. The second-order valence-electron chi connectivity index (χ2n) is 4.41. The maximum atomic E-state index is 11.6. The topological polar surface area (TPSA) is 29.1 Å². The van der Waals surface area contributed by atoms with E-state index in [1.807, 2.05) is 26.0 Å². The molecule has 0 spiro atoms. The minimum atomic E-state index is -0.0313. The summed E-state index contributed by atoms with van der Waals surface area (Å²) in [5, 5.41) is 3.38. The van der Waals surface area contributed by atoms with Crippen molar-refractivity contribution >= 4 is 28.7 Å². The van der Waals surface area contributed by atoms with E-state index in [4.69, 9.17) is 11.6 Å². The molecule has 0 radical (unpaired) electrons. The molecule has 0 saturated heterocycles. The highest BCUT2D eigenvalue weighted by Gasteiger charge is 2.23. The van der Waals surface area contributed by atoms with E-state index in [2.05, 4.69) is 5.32 Å². The van der Waals surface area contributed by atoms with Gasteiger partial charge in [-0.3, -0.25) is 4.79 Å². The van der Waals surface area contributed by atoms with Gasteiger partial charge in [-0.25, -0.2) is 0 Å². The largest absolute Gasteiger partial charge is 0.315 e. The normalized spacial score (nSPS) is 15.8. The molecule has 0 aromatic carbocycles. The summed E-state index contributed by atoms with van der Waals surface area (Å²) in [5.41, 5.74) is 0. The molecular formula is C14H22ClNOS. The average Bonchev–Trinajstić information content (AvgIpc) is 3.08. The fraction of sp³-hybridized carbons (Fsp3) is 0.643. The number of hydrogen-bond acceptors (Lipinski definition) is 3. The molecule has 1 saturated carbocycles. The standard InChI is InChI=1S/C12H16ClNOS.C2H6/c1-8(15)10(7-14-6-9-2-3-9)11-4-5-12(13)16-11;1-2/h4-5,9-10,14H,2-3,6-7H2,1H3;1-2H3. The zero-order valence-electron chi connectivity index (χ0n) is 11.3. The Kier molecular flexibility index (Phi) is 6.90. The number of thiophene rings is 1. The molecule has 0 amide bonds. The summed E-state index contributed by atoms with van der Waals surface area (Å²) in [4.78, 5) is 12.6. The molecule has 1 fully saturated rings. The van der Waals surface area contributed by atoms with Gasteiger partial charge in [-0.2, -0.15) is 0 Å². The van der Waals surface area contributed by atoms with Gasteiger partial charge in [0.2, 0.25) is 0 Å². The molecule has 4 heteroatoms.